The Morgan fingerprint density at radius 2 is 2.17 bits per heavy atom. The first-order valence-corrected chi connectivity index (χ1v) is 7.92. The first-order chi connectivity index (χ1) is 8.25. The lowest BCUT2D eigenvalue weighted by Crippen LogP contribution is -2.42. The lowest BCUT2D eigenvalue weighted by atomic mass is 10.0. The van der Waals surface area contributed by atoms with Crippen molar-refractivity contribution in [3.63, 3.8) is 0 Å². The molecule has 1 aliphatic rings. The number of carbonyl (C=O) groups is 1. The SMILES string of the molecule is CC1(C)CCCN1S(=O)(=O)c1csc(C(=O)O)c1. The van der Waals surface area contributed by atoms with Crippen molar-refractivity contribution < 1.29 is 18.3 Å². The van der Waals surface area contributed by atoms with Crippen molar-refractivity contribution in [1.29, 1.82) is 0 Å². The van der Waals surface area contributed by atoms with E-state index in [0.717, 1.165) is 24.2 Å². The van der Waals surface area contributed by atoms with Crippen molar-refractivity contribution in [2.24, 2.45) is 0 Å². The molecule has 0 aliphatic carbocycles. The summed E-state index contributed by atoms with van der Waals surface area (Å²) in [4.78, 5) is 10.9. The molecular weight excluding hydrogens is 274 g/mol. The van der Waals surface area contributed by atoms with Gasteiger partial charge in [0.15, 0.2) is 0 Å². The molecule has 0 saturated carbocycles. The maximum absolute atomic E-state index is 12.4. The van der Waals surface area contributed by atoms with Gasteiger partial charge in [-0.2, -0.15) is 4.31 Å². The van der Waals surface area contributed by atoms with Crippen LogP contribution in [0.3, 0.4) is 0 Å². The topological polar surface area (TPSA) is 74.7 Å². The van der Waals surface area contributed by atoms with Crippen molar-refractivity contribution in [2.75, 3.05) is 6.54 Å². The minimum absolute atomic E-state index is 0.0468. The fraction of sp³-hybridized carbons (Fsp3) is 0.545. The lowest BCUT2D eigenvalue weighted by molar-refractivity contribution is 0.0702. The Bertz CT molecular complexity index is 574. The summed E-state index contributed by atoms with van der Waals surface area (Å²) in [5, 5.41) is 10.2. The molecule has 7 heteroatoms. The molecule has 2 rings (SSSR count). The third-order valence-corrected chi connectivity index (χ3v) is 6.36. The van der Waals surface area contributed by atoms with E-state index in [4.69, 9.17) is 5.11 Å². The second-order valence-electron chi connectivity index (χ2n) is 4.94. The zero-order valence-corrected chi connectivity index (χ0v) is 11.8. The normalized spacial score (nSPS) is 20.1. The van der Waals surface area contributed by atoms with E-state index < -0.39 is 21.5 Å². The molecule has 2 heterocycles. The molecule has 0 bridgehead atoms. The fourth-order valence-electron chi connectivity index (χ4n) is 2.22. The predicted molar refractivity (Wildman–Crippen MR) is 68.5 cm³/mol. The first-order valence-electron chi connectivity index (χ1n) is 5.60. The standard InChI is InChI=1S/C11H15NO4S2/c1-11(2)4-3-5-12(11)18(15,16)8-6-9(10(13)14)17-7-8/h6-7H,3-5H2,1-2H3,(H,13,14). The second kappa shape index (κ2) is 4.32. The highest BCUT2D eigenvalue weighted by Crippen LogP contribution is 2.35. The minimum atomic E-state index is -3.58. The van der Waals surface area contributed by atoms with E-state index in [2.05, 4.69) is 0 Å². The molecule has 0 aromatic carbocycles. The van der Waals surface area contributed by atoms with E-state index in [0.29, 0.717) is 6.54 Å². The van der Waals surface area contributed by atoms with Crippen molar-refractivity contribution in [2.45, 2.75) is 37.1 Å². The molecule has 0 spiro atoms. The molecule has 0 unspecified atom stereocenters. The summed E-state index contributed by atoms with van der Waals surface area (Å²) in [5.74, 6) is -1.10. The van der Waals surface area contributed by atoms with E-state index >= 15 is 0 Å². The second-order valence-corrected chi connectivity index (χ2v) is 7.72. The van der Waals surface area contributed by atoms with Crippen LogP contribution in [0.2, 0.25) is 0 Å². The van der Waals surface area contributed by atoms with Gasteiger partial charge in [-0.25, -0.2) is 13.2 Å². The molecule has 100 valence electrons. The smallest absolute Gasteiger partial charge is 0.345 e. The number of hydrogen-bond donors (Lipinski definition) is 1. The van der Waals surface area contributed by atoms with E-state index in [1.54, 1.807) is 0 Å². The summed E-state index contributed by atoms with van der Waals surface area (Å²) in [7, 11) is -3.58. The minimum Gasteiger partial charge on any atom is -0.477 e. The number of aromatic carboxylic acids is 1. The largest absolute Gasteiger partial charge is 0.477 e. The van der Waals surface area contributed by atoms with Crippen LogP contribution in [0, 0.1) is 0 Å². The Labute approximate surface area is 110 Å². The predicted octanol–water partition coefficient (Wildman–Crippen LogP) is 2.01. The Morgan fingerprint density at radius 3 is 2.61 bits per heavy atom. The molecule has 1 saturated heterocycles. The summed E-state index contributed by atoms with van der Waals surface area (Å²) in [6.45, 7) is 4.28. The average molecular weight is 289 g/mol. The van der Waals surface area contributed by atoms with Gasteiger partial charge in [-0.1, -0.05) is 0 Å². The summed E-state index contributed by atoms with van der Waals surface area (Å²) in [6.07, 6.45) is 1.66. The molecule has 1 N–H and O–H groups in total. The van der Waals surface area contributed by atoms with Gasteiger partial charge in [-0.3, -0.25) is 0 Å². The van der Waals surface area contributed by atoms with Gasteiger partial charge in [0.25, 0.3) is 0 Å². The summed E-state index contributed by atoms with van der Waals surface area (Å²) in [5.41, 5.74) is -0.399. The highest BCUT2D eigenvalue weighted by atomic mass is 32.2. The molecule has 1 aliphatic heterocycles. The molecule has 0 radical (unpaired) electrons. The molecule has 18 heavy (non-hydrogen) atoms. The van der Waals surface area contributed by atoms with E-state index in [-0.39, 0.29) is 9.77 Å². The number of sulfonamides is 1. The zero-order chi connectivity index (χ0) is 13.6. The summed E-state index contributed by atoms with van der Waals surface area (Å²) >= 11 is 0.938. The number of rotatable bonds is 3. The number of thiophene rings is 1. The molecular formula is C11H15NO4S2. The van der Waals surface area contributed by atoms with Crippen LogP contribution in [0.5, 0.6) is 0 Å². The van der Waals surface area contributed by atoms with E-state index in [9.17, 15) is 13.2 Å². The number of hydrogen-bond acceptors (Lipinski definition) is 4. The van der Waals surface area contributed by atoms with Crippen molar-refractivity contribution in [1.82, 2.24) is 4.31 Å². The van der Waals surface area contributed by atoms with Crippen LogP contribution in [0.15, 0.2) is 16.3 Å². The van der Waals surface area contributed by atoms with Crippen LogP contribution < -0.4 is 0 Å². The van der Waals surface area contributed by atoms with Gasteiger partial charge in [-0.15, -0.1) is 11.3 Å². The van der Waals surface area contributed by atoms with Crippen molar-refractivity contribution in [3.8, 4) is 0 Å². The highest BCUT2D eigenvalue weighted by molar-refractivity contribution is 7.89. The molecule has 0 amide bonds. The zero-order valence-electron chi connectivity index (χ0n) is 10.2. The van der Waals surface area contributed by atoms with E-state index in [1.807, 2.05) is 13.8 Å². The van der Waals surface area contributed by atoms with Gasteiger partial charge in [-0.05, 0) is 32.8 Å². The Morgan fingerprint density at radius 1 is 1.50 bits per heavy atom. The third kappa shape index (κ3) is 2.17. The molecule has 1 fully saturated rings. The van der Waals surface area contributed by atoms with Crippen LogP contribution in [0.25, 0.3) is 0 Å². The van der Waals surface area contributed by atoms with Crippen molar-refractivity contribution >= 4 is 27.3 Å². The maximum atomic E-state index is 12.4. The van der Waals surface area contributed by atoms with Crippen LogP contribution in [0.4, 0.5) is 0 Å². The van der Waals surface area contributed by atoms with Gasteiger partial charge in [0.2, 0.25) is 10.0 Å². The lowest BCUT2D eigenvalue weighted by Gasteiger charge is -2.30. The van der Waals surface area contributed by atoms with Crippen molar-refractivity contribution in [3.05, 3.63) is 16.3 Å². The summed E-state index contributed by atoms with van der Waals surface area (Å²) < 4.78 is 26.3. The Balaban J connectivity index is 2.39. The highest BCUT2D eigenvalue weighted by Gasteiger charge is 2.41. The number of nitrogens with zero attached hydrogens (tertiary/aromatic N) is 1. The number of carboxylic acids is 1. The molecule has 0 atom stereocenters. The van der Waals surface area contributed by atoms with E-state index in [1.165, 1.54) is 15.8 Å². The third-order valence-electron chi connectivity index (χ3n) is 3.20. The number of carboxylic acid groups (broad SMARTS) is 1. The maximum Gasteiger partial charge on any atom is 0.345 e. The van der Waals surface area contributed by atoms with Gasteiger partial charge in [0, 0.05) is 17.5 Å². The first kappa shape index (κ1) is 13.5. The van der Waals surface area contributed by atoms with Crippen LogP contribution in [0.1, 0.15) is 36.4 Å². The monoisotopic (exact) mass is 289 g/mol. The Kier molecular flexibility index (Phi) is 3.25. The van der Waals surface area contributed by atoms with Gasteiger partial charge < -0.3 is 5.11 Å². The average Bonchev–Trinajstić information content (AvgIpc) is 2.83. The van der Waals surface area contributed by atoms with Crippen LogP contribution >= 0.6 is 11.3 Å². The van der Waals surface area contributed by atoms with Gasteiger partial charge in [0.1, 0.15) is 4.88 Å². The summed E-state index contributed by atoms with van der Waals surface area (Å²) in [6, 6.07) is 1.23. The van der Waals surface area contributed by atoms with Gasteiger partial charge in [0.05, 0.1) is 4.90 Å². The van der Waals surface area contributed by atoms with Crippen LogP contribution in [-0.4, -0.2) is 35.9 Å². The fourth-order valence-corrected chi connectivity index (χ4v) is 5.17. The molecule has 5 nitrogen and oxygen atoms in total. The molecule has 1 aromatic heterocycles. The Hall–Kier alpha value is -0.920. The van der Waals surface area contributed by atoms with Gasteiger partial charge >= 0.3 is 5.97 Å². The van der Waals surface area contributed by atoms with Crippen LogP contribution in [-0.2, 0) is 10.0 Å². The quantitative estimate of drug-likeness (QED) is 0.923. The molecule has 1 aromatic rings.